The Bertz CT molecular complexity index is 349. The van der Waals surface area contributed by atoms with E-state index >= 15 is 0 Å². The van der Waals surface area contributed by atoms with Crippen LogP contribution in [-0.4, -0.2) is 0 Å². The van der Waals surface area contributed by atoms with Crippen LogP contribution < -0.4 is 0 Å². The first-order valence-electron chi connectivity index (χ1n) is 6.30. The molecule has 0 bridgehead atoms. The van der Waals surface area contributed by atoms with Crippen LogP contribution in [0.3, 0.4) is 0 Å². The monoisotopic (exact) mass is 216 g/mol. The summed E-state index contributed by atoms with van der Waals surface area (Å²) in [4.78, 5) is 0. The molecule has 0 aromatic heterocycles. The van der Waals surface area contributed by atoms with Crippen LogP contribution in [0.4, 0.5) is 0 Å². The van der Waals surface area contributed by atoms with Crippen LogP contribution in [0.25, 0.3) is 5.57 Å². The van der Waals surface area contributed by atoms with Gasteiger partial charge >= 0.3 is 0 Å². The molecule has 2 atom stereocenters. The predicted octanol–water partition coefficient (Wildman–Crippen LogP) is 5.26. The SMILES string of the molecule is C=C(C)c1cccc(C(C)CC(C)CC)c1. The Labute approximate surface area is 100 Å². The minimum Gasteiger partial charge on any atom is -0.0955 e. The van der Waals surface area contributed by atoms with Gasteiger partial charge in [0.15, 0.2) is 0 Å². The predicted molar refractivity (Wildman–Crippen MR) is 73.6 cm³/mol. The Hall–Kier alpha value is -1.04. The second kappa shape index (κ2) is 5.89. The maximum atomic E-state index is 4.00. The Balaban J connectivity index is 2.79. The first-order chi connectivity index (χ1) is 7.54. The summed E-state index contributed by atoms with van der Waals surface area (Å²) < 4.78 is 0. The van der Waals surface area contributed by atoms with Crippen LogP contribution in [0.15, 0.2) is 30.8 Å². The number of benzene rings is 1. The van der Waals surface area contributed by atoms with Gasteiger partial charge in [0.25, 0.3) is 0 Å². The van der Waals surface area contributed by atoms with E-state index in [-0.39, 0.29) is 0 Å². The van der Waals surface area contributed by atoms with E-state index in [1.807, 2.05) is 0 Å². The molecule has 0 aliphatic carbocycles. The van der Waals surface area contributed by atoms with E-state index in [1.54, 1.807) is 0 Å². The van der Waals surface area contributed by atoms with Crippen LogP contribution in [-0.2, 0) is 0 Å². The number of rotatable bonds is 5. The highest BCUT2D eigenvalue weighted by molar-refractivity contribution is 5.61. The van der Waals surface area contributed by atoms with Gasteiger partial charge in [0.2, 0.25) is 0 Å². The van der Waals surface area contributed by atoms with Crippen LogP contribution in [0.2, 0.25) is 0 Å². The average Bonchev–Trinajstić information content (AvgIpc) is 2.28. The summed E-state index contributed by atoms with van der Waals surface area (Å²) in [7, 11) is 0. The molecule has 1 aromatic rings. The highest BCUT2D eigenvalue weighted by Gasteiger charge is 2.09. The van der Waals surface area contributed by atoms with Crippen LogP contribution in [0, 0.1) is 5.92 Å². The zero-order chi connectivity index (χ0) is 12.1. The van der Waals surface area contributed by atoms with E-state index in [4.69, 9.17) is 0 Å². The second-order valence-corrected chi connectivity index (χ2v) is 5.06. The molecule has 0 nitrogen and oxygen atoms in total. The average molecular weight is 216 g/mol. The molecule has 0 aliphatic rings. The topological polar surface area (TPSA) is 0 Å². The fourth-order valence-electron chi connectivity index (χ4n) is 2.02. The zero-order valence-corrected chi connectivity index (χ0v) is 11.1. The third-order valence-corrected chi connectivity index (χ3v) is 3.40. The maximum Gasteiger partial charge on any atom is -0.0188 e. The summed E-state index contributed by atoms with van der Waals surface area (Å²) in [6.07, 6.45) is 2.54. The largest absolute Gasteiger partial charge is 0.0955 e. The lowest BCUT2D eigenvalue weighted by atomic mass is 9.89. The van der Waals surface area contributed by atoms with E-state index in [1.165, 1.54) is 24.0 Å². The first-order valence-corrected chi connectivity index (χ1v) is 6.30. The molecule has 16 heavy (non-hydrogen) atoms. The quantitative estimate of drug-likeness (QED) is 0.630. The van der Waals surface area contributed by atoms with Gasteiger partial charge in [-0.25, -0.2) is 0 Å². The van der Waals surface area contributed by atoms with Gasteiger partial charge in [-0.1, -0.05) is 63.6 Å². The molecule has 88 valence electrons. The van der Waals surface area contributed by atoms with Crippen LogP contribution in [0.5, 0.6) is 0 Å². The number of hydrogen-bond donors (Lipinski definition) is 0. The normalized spacial score (nSPS) is 14.5. The molecule has 1 rings (SSSR count). The number of hydrogen-bond acceptors (Lipinski definition) is 0. The van der Waals surface area contributed by atoms with Gasteiger partial charge in [-0.3, -0.25) is 0 Å². The molecular formula is C16H24. The molecule has 0 amide bonds. The highest BCUT2D eigenvalue weighted by Crippen LogP contribution is 2.26. The van der Waals surface area contributed by atoms with E-state index in [2.05, 4.69) is 58.5 Å². The summed E-state index contributed by atoms with van der Waals surface area (Å²) in [6.45, 7) is 13.0. The van der Waals surface area contributed by atoms with E-state index in [0.717, 1.165) is 11.5 Å². The van der Waals surface area contributed by atoms with Crippen molar-refractivity contribution in [2.45, 2.75) is 46.5 Å². The van der Waals surface area contributed by atoms with Crippen molar-refractivity contribution in [3.63, 3.8) is 0 Å². The van der Waals surface area contributed by atoms with Crippen molar-refractivity contribution < 1.29 is 0 Å². The second-order valence-electron chi connectivity index (χ2n) is 5.06. The Kier molecular flexibility index (Phi) is 4.79. The number of allylic oxidation sites excluding steroid dienone is 1. The molecule has 0 spiro atoms. The van der Waals surface area contributed by atoms with Gasteiger partial charge in [0.1, 0.15) is 0 Å². The zero-order valence-electron chi connectivity index (χ0n) is 11.1. The highest BCUT2D eigenvalue weighted by atomic mass is 14.1. The van der Waals surface area contributed by atoms with Crippen molar-refractivity contribution in [3.05, 3.63) is 42.0 Å². The molecular weight excluding hydrogens is 192 g/mol. The summed E-state index contributed by atoms with van der Waals surface area (Å²) in [5, 5.41) is 0. The lowest BCUT2D eigenvalue weighted by molar-refractivity contribution is 0.471. The van der Waals surface area contributed by atoms with Crippen molar-refractivity contribution in [2.75, 3.05) is 0 Å². The molecule has 0 aliphatic heterocycles. The smallest absolute Gasteiger partial charge is 0.0188 e. The summed E-state index contributed by atoms with van der Waals surface area (Å²) in [5.74, 6) is 1.46. The third-order valence-electron chi connectivity index (χ3n) is 3.40. The van der Waals surface area contributed by atoms with Gasteiger partial charge in [-0.05, 0) is 36.3 Å². The molecule has 2 unspecified atom stereocenters. The molecule has 0 N–H and O–H groups in total. The lowest BCUT2D eigenvalue weighted by Crippen LogP contribution is -2.01. The molecule has 0 fully saturated rings. The molecule has 0 saturated heterocycles. The fraction of sp³-hybridized carbons (Fsp3) is 0.500. The van der Waals surface area contributed by atoms with Crippen molar-refractivity contribution in [2.24, 2.45) is 5.92 Å². The molecule has 1 aromatic carbocycles. The molecule has 0 saturated carbocycles. The molecule has 0 radical (unpaired) electrons. The summed E-state index contributed by atoms with van der Waals surface area (Å²) in [6, 6.07) is 8.81. The summed E-state index contributed by atoms with van der Waals surface area (Å²) >= 11 is 0. The van der Waals surface area contributed by atoms with Crippen molar-refractivity contribution in [1.82, 2.24) is 0 Å². The van der Waals surface area contributed by atoms with Crippen LogP contribution >= 0.6 is 0 Å². The van der Waals surface area contributed by atoms with E-state index in [9.17, 15) is 0 Å². The minimum absolute atomic E-state index is 0.647. The van der Waals surface area contributed by atoms with Gasteiger partial charge in [0, 0.05) is 0 Å². The third kappa shape index (κ3) is 3.52. The Morgan fingerprint density at radius 1 is 1.31 bits per heavy atom. The van der Waals surface area contributed by atoms with Gasteiger partial charge < -0.3 is 0 Å². The van der Waals surface area contributed by atoms with Crippen molar-refractivity contribution >= 4 is 5.57 Å². The van der Waals surface area contributed by atoms with Gasteiger partial charge in [-0.2, -0.15) is 0 Å². The molecule has 0 heterocycles. The lowest BCUT2D eigenvalue weighted by Gasteiger charge is -2.17. The standard InChI is InChI=1S/C16H24/c1-6-13(4)10-14(5)16-9-7-8-15(11-16)12(2)3/h7-9,11,13-14H,2,6,10H2,1,3-5H3. The van der Waals surface area contributed by atoms with Crippen molar-refractivity contribution in [1.29, 1.82) is 0 Å². The minimum atomic E-state index is 0.647. The van der Waals surface area contributed by atoms with Crippen LogP contribution in [0.1, 0.15) is 57.6 Å². The fourth-order valence-corrected chi connectivity index (χ4v) is 2.02. The van der Waals surface area contributed by atoms with E-state index in [0.29, 0.717) is 5.92 Å². The van der Waals surface area contributed by atoms with Gasteiger partial charge in [-0.15, -0.1) is 0 Å². The summed E-state index contributed by atoms with van der Waals surface area (Å²) in [5.41, 5.74) is 3.87. The van der Waals surface area contributed by atoms with E-state index < -0.39 is 0 Å². The Morgan fingerprint density at radius 3 is 2.56 bits per heavy atom. The van der Waals surface area contributed by atoms with Crippen molar-refractivity contribution in [3.8, 4) is 0 Å². The Morgan fingerprint density at radius 2 is 2.00 bits per heavy atom. The molecule has 0 heteroatoms. The van der Waals surface area contributed by atoms with Gasteiger partial charge in [0.05, 0.1) is 0 Å². The first kappa shape index (κ1) is 13.0. The maximum absolute atomic E-state index is 4.00.